The molecule has 4 aromatic rings. The van der Waals surface area contributed by atoms with Crippen LogP contribution in [0.1, 0.15) is 153 Å². The van der Waals surface area contributed by atoms with Crippen molar-refractivity contribution in [3.8, 4) is 0 Å². The number of nitrogens with zero attached hydrogens (tertiary/aromatic N) is 6. The van der Waals surface area contributed by atoms with E-state index in [4.69, 9.17) is 15.6 Å². The minimum Gasteiger partial charge on any atom is -0.412 e. The van der Waals surface area contributed by atoms with E-state index in [0.717, 1.165) is 77.3 Å². The number of imidazole rings is 1. The molecule has 1 unspecified atom stereocenters. The Morgan fingerprint density at radius 2 is 1.49 bits per heavy atom. The lowest BCUT2D eigenvalue weighted by Crippen LogP contribution is -2.15. The van der Waals surface area contributed by atoms with E-state index in [-0.39, 0.29) is 6.04 Å². The first-order valence-electron chi connectivity index (χ1n) is 19.5. The van der Waals surface area contributed by atoms with Crippen LogP contribution in [0.3, 0.4) is 0 Å². The van der Waals surface area contributed by atoms with Crippen molar-refractivity contribution >= 4 is 34.4 Å². The maximum absolute atomic E-state index is 12.8. The third-order valence-corrected chi connectivity index (χ3v) is 11.2. The molecule has 0 aliphatic carbocycles. The van der Waals surface area contributed by atoms with E-state index < -0.39 is 7.14 Å². The smallest absolute Gasteiger partial charge is 0.133 e. The maximum atomic E-state index is 12.8. The second-order valence-electron chi connectivity index (χ2n) is 14.4. The first-order chi connectivity index (χ1) is 23.8. The molecule has 0 saturated heterocycles. The SMILES string of the molecule is CCCCCCCCCCCCCCCCCc1cn(CCCCOn2cnc3c(C(N)CCC)nc4cc(P(C)(C)=O)ccc4c32)nn1. The van der Waals surface area contributed by atoms with E-state index in [1.807, 2.05) is 22.9 Å². The number of hydrogen-bond donors (Lipinski definition) is 1. The minimum atomic E-state index is -2.44. The van der Waals surface area contributed by atoms with Crippen LogP contribution in [0.25, 0.3) is 21.9 Å². The highest BCUT2D eigenvalue weighted by Gasteiger charge is 2.21. The van der Waals surface area contributed by atoms with E-state index in [1.54, 1.807) is 24.4 Å². The van der Waals surface area contributed by atoms with Crippen molar-refractivity contribution in [1.82, 2.24) is 29.7 Å². The Labute approximate surface area is 295 Å². The highest BCUT2D eigenvalue weighted by molar-refractivity contribution is 7.70. The van der Waals surface area contributed by atoms with E-state index >= 15 is 0 Å². The zero-order valence-corrected chi connectivity index (χ0v) is 31.9. The Hall–Kier alpha value is -2.77. The van der Waals surface area contributed by atoms with Crippen LogP contribution >= 0.6 is 7.14 Å². The Morgan fingerprint density at radius 1 is 0.837 bits per heavy atom. The van der Waals surface area contributed by atoms with Gasteiger partial charge in [-0.1, -0.05) is 121 Å². The van der Waals surface area contributed by atoms with Crippen molar-refractivity contribution in [2.45, 2.75) is 155 Å². The summed E-state index contributed by atoms with van der Waals surface area (Å²) in [5.41, 5.74) is 10.8. The van der Waals surface area contributed by atoms with Gasteiger partial charge in [-0.05, 0) is 57.6 Å². The van der Waals surface area contributed by atoms with Gasteiger partial charge in [-0.15, -0.1) is 5.10 Å². The quantitative estimate of drug-likeness (QED) is 0.0515. The van der Waals surface area contributed by atoms with Gasteiger partial charge in [0, 0.05) is 29.5 Å². The molecule has 0 fully saturated rings. The summed E-state index contributed by atoms with van der Waals surface area (Å²) in [6.07, 6.45) is 29.1. The molecule has 49 heavy (non-hydrogen) atoms. The molecule has 1 aromatic carbocycles. The predicted octanol–water partition coefficient (Wildman–Crippen LogP) is 9.55. The summed E-state index contributed by atoms with van der Waals surface area (Å²) < 4.78 is 16.5. The number of pyridine rings is 1. The Bertz CT molecular complexity index is 1580. The van der Waals surface area contributed by atoms with Crippen LogP contribution in [0.4, 0.5) is 0 Å². The summed E-state index contributed by atoms with van der Waals surface area (Å²) in [6, 6.07) is 5.62. The van der Waals surface area contributed by atoms with Gasteiger partial charge >= 0.3 is 0 Å². The lowest BCUT2D eigenvalue weighted by Gasteiger charge is -2.15. The molecule has 3 aromatic heterocycles. The molecule has 0 saturated carbocycles. The fourth-order valence-corrected chi connectivity index (χ4v) is 7.55. The molecule has 10 heteroatoms. The van der Waals surface area contributed by atoms with Crippen molar-refractivity contribution in [3.63, 3.8) is 0 Å². The van der Waals surface area contributed by atoms with Gasteiger partial charge in [0.25, 0.3) is 0 Å². The standard InChI is InChI=1S/C39H64N7O2P/c1-5-7-8-9-10-11-12-13-14-15-16-17-18-19-20-24-32-30-45(44-43-32)27-21-22-28-48-46-31-41-38-37(35(40)23-6-2)42-36-29-33(49(3,4)47)25-26-34(36)39(38)46/h25-26,29-31,35H,5-24,27-28,40H2,1-4H3. The highest BCUT2D eigenvalue weighted by Crippen LogP contribution is 2.37. The summed E-state index contributed by atoms with van der Waals surface area (Å²) in [5, 5.41) is 10.5. The first-order valence-corrected chi connectivity index (χ1v) is 22.1. The van der Waals surface area contributed by atoms with Gasteiger partial charge in [-0.2, -0.15) is 4.73 Å². The highest BCUT2D eigenvalue weighted by atomic mass is 31.2. The fraction of sp³-hybridized carbons (Fsp3) is 0.692. The number of hydrogen-bond acceptors (Lipinski definition) is 7. The third-order valence-electron chi connectivity index (χ3n) is 9.66. The molecular formula is C39H64N7O2P. The Morgan fingerprint density at radius 3 is 2.12 bits per heavy atom. The number of nitrogens with two attached hydrogens (primary N) is 1. The number of aromatic nitrogens is 6. The Kier molecular flexibility index (Phi) is 16.6. The lowest BCUT2D eigenvalue weighted by atomic mass is 10.0. The maximum Gasteiger partial charge on any atom is 0.133 e. The molecule has 0 spiro atoms. The number of benzene rings is 1. The molecule has 0 radical (unpaired) electrons. The van der Waals surface area contributed by atoms with Crippen LogP contribution in [0.15, 0.2) is 30.7 Å². The summed E-state index contributed by atoms with van der Waals surface area (Å²) in [4.78, 5) is 15.8. The molecule has 0 bridgehead atoms. The summed E-state index contributed by atoms with van der Waals surface area (Å²) in [6.45, 7) is 9.33. The first kappa shape index (κ1) is 39.0. The molecule has 3 heterocycles. The summed E-state index contributed by atoms with van der Waals surface area (Å²) >= 11 is 0. The van der Waals surface area contributed by atoms with Crippen molar-refractivity contribution < 1.29 is 9.40 Å². The van der Waals surface area contributed by atoms with Gasteiger partial charge < -0.3 is 15.1 Å². The molecule has 2 N–H and O–H groups in total. The summed E-state index contributed by atoms with van der Waals surface area (Å²) in [5.74, 6) is 0. The molecule has 4 rings (SSSR count). The van der Waals surface area contributed by atoms with Crippen LogP contribution in [0, 0.1) is 0 Å². The van der Waals surface area contributed by atoms with Crippen LogP contribution < -0.4 is 15.9 Å². The number of aryl methyl sites for hydroxylation is 2. The normalized spacial score (nSPS) is 12.8. The molecule has 1 atom stereocenters. The lowest BCUT2D eigenvalue weighted by molar-refractivity contribution is 0.115. The predicted molar refractivity (Wildman–Crippen MR) is 205 cm³/mol. The van der Waals surface area contributed by atoms with Crippen molar-refractivity contribution in [2.75, 3.05) is 19.9 Å². The second-order valence-corrected chi connectivity index (χ2v) is 17.6. The van der Waals surface area contributed by atoms with Gasteiger partial charge in [0.15, 0.2) is 0 Å². The topological polar surface area (TPSA) is 114 Å². The average molecular weight is 694 g/mol. The van der Waals surface area contributed by atoms with Crippen LogP contribution in [-0.2, 0) is 17.5 Å². The molecular weight excluding hydrogens is 629 g/mol. The fourth-order valence-electron chi connectivity index (χ4n) is 6.68. The van der Waals surface area contributed by atoms with E-state index in [2.05, 4.69) is 35.3 Å². The van der Waals surface area contributed by atoms with Crippen molar-refractivity contribution in [2.24, 2.45) is 5.73 Å². The molecule has 0 amide bonds. The van der Waals surface area contributed by atoms with Gasteiger partial charge in [-0.25, -0.2) is 9.97 Å². The zero-order chi connectivity index (χ0) is 34.9. The van der Waals surface area contributed by atoms with Gasteiger partial charge in [0.2, 0.25) is 0 Å². The monoisotopic (exact) mass is 693 g/mol. The van der Waals surface area contributed by atoms with Crippen LogP contribution in [-0.4, -0.2) is 49.6 Å². The second kappa shape index (κ2) is 20.8. The molecule has 0 aliphatic heterocycles. The van der Waals surface area contributed by atoms with Gasteiger partial charge in [0.05, 0.1) is 16.9 Å². The van der Waals surface area contributed by atoms with Crippen LogP contribution in [0.5, 0.6) is 0 Å². The van der Waals surface area contributed by atoms with Gasteiger partial charge in [-0.3, -0.25) is 4.68 Å². The minimum absolute atomic E-state index is 0.231. The van der Waals surface area contributed by atoms with Crippen molar-refractivity contribution in [3.05, 3.63) is 42.1 Å². The molecule has 0 aliphatic rings. The summed E-state index contributed by atoms with van der Waals surface area (Å²) in [7, 11) is -2.44. The number of unbranched alkanes of at least 4 members (excludes halogenated alkanes) is 15. The van der Waals surface area contributed by atoms with E-state index in [1.165, 1.54) is 96.3 Å². The average Bonchev–Trinajstić information content (AvgIpc) is 3.72. The number of fused-ring (bicyclic) bond motifs is 3. The molecule has 9 nitrogen and oxygen atoms in total. The van der Waals surface area contributed by atoms with E-state index in [0.29, 0.717) is 6.61 Å². The van der Waals surface area contributed by atoms with Crippen LogP contribution in [0.2, 0.25) is 0 Å². The van der Waals surface area contributed by atoms with E-state index in [9.17, 15) is 4.57 Å². The van der Waals surface area contributed by atoms with Gasteiger partial charge in [0.1, 0.15) is 31.1 Å². The van der Waals surface area contributed by atoms with Crippen molar-refractivity contribution in [1.29, 1.82) is 0 Å². The zero-order valence-electron chi connectivity index (χ0n) is 31.0. The largest absolute Gasteiger partial charge is 0.412 e. The molecule has 272 valence electrons. The third kappa shape index (κ3) is 12.5. The number of rotatable bonds is 26. The Balaban J connectivity index is 1.14.